The van der Waals surface area contributed by atoms with Gasteiger partial charge in [0.15, 0.2) is 0 Å². The number of rotatable bonds is 3. The average molecular weight is 326 g/mol. The molecule has 0 unspecified atom stereocenters. The Hall–Kier alpha value is -2.83. The van der Waals surface area contributed by atoms with Gasteiger partial charge in [-0.2, -0.15) is 5.10 Å². The van der Waals surface area contributed by atoms with E-state index in [1.165, 1.54) is 12.1 Å². The van der Waals surface area contributed by atoms with Crippen LogP contribution in [0, 0.1) is 0 Å². The van der Waals surface area contributed by atoms with Crippen LogP contribution in [-0.2, 0) is 11.3 Å². The molecule has 1 aliphatic carbocycles. The van der Waals surface area contributed by atoms with Crippen molar-refractivity contribution in [3.8, 4) is 5.75 Å². The minimum absolute atomic E-state index is 0.0472. The molecule has 0 saturated heterocycles. The minimum atomic E-state index is -0.523. The number of nitrogens with one attached hydrogen (secondary N) is 1. The van der Waals surface area contributed by atoms with Crippen molar-refractivity contribution in [3.05, 3.63) is 47.8 Å². The van der Waals surface area contributed by atoms with E-state index in [4.69, 9.17) is 0 Å². The Bertz CT molecular complexity index is 797. The molecule has 2 heterocycles. The summed E-state index contributed by atoms with van der Waals surface area (Å²) in [6.45, 7) is 0.656. The lowest BCUT2D eigenvalue weighted by Gasteiger charge is -2.33. The zero-order chi connectivity index (χ0) is 16.7. The summed E-state index contributed by atoms with van der Waals surface area (Å²) in [6, 6.07) is 7.81. The minimum Gasteiger partial charge on any atom is -0.508 e. The van der Waals surface area contributed by atoms with Crippen molar-refractivity contribution in [2.45, 2.75) is 31.5 Å². The van der Waals surface area contributed by atoms with E-state index in [-0.39, 0.29) is 30.2 Å². The first-order chi connectivity index (χ1) is 11.6. The average Bonchev–Trinajstić information content (AvgIpc) is 3.26. The summed E-state index contributed by atoms with van der Waals surface area (Å²) in [7, 11) is 0. The Kier molecular flexibility index (Phi) is 3.48. The van der Waals surface area contributed by atoms with Crippen LogP contribution in [0.4, 0.5) is 0 Å². The zero-order valence-corrected chi connectivity index (χ0v) is 13.1. The second-order valence-corrected chi connectivity index (χ2v) is 6.30. The third-order valence-electron chi connectivity index (χ3n) is 4.40. The Balaban J connectivity index is 1.59. The Labute approximate surface area is 138 Å². The molecule has 1 aromatic carbocycles. The van der Waals surface area contributed by atoms with Crippen LogP contribution in [0.2, 0.25) is 0 Å². The summed E-state index contributed by atoms with van der Waals surface area (Å²) < 4.78 is 1.70. The highest BCUT2D eigenvalue weighted by Gasteiger charge is 2.35. The summed E-state index contributed by atoms with van der Waals surface area (Å²) in [4.78, 5) is 26.9. The van der Waals surface area contributed by atoms with Crippen molar-refractivity contribution in [1.82, 2.24) is 20.0 Å². The molecule has 1 aliphatic heterocycles. The van der Waals surface area contributed by atoms with Crippen LogP contribution in [0.25, 0.3) is 0 Å². The summed E-state index contributed by atoms with van der Waals surface area (Å²) >= 11 is 0. The predicted molar refractivity (Wildman–Crippen MR) is 85.3 cm³/mol. The maximum absolute atomic E-state index is 12.7. The highest BCUT2D eigenvalue weighted by atomic mass is 16.3. The van der Waals surface area contributed by atoms with E-state index in [2.05, 4.69) is 10.4 Å². The van der Waals surface area contributed by atoms with Gasteiger partial charge in [-0.3, -0.25) is 14.3 Å². The summed E-state index contributed by atoms with van der Waals surface area (Å²) in [5.74, 6) is -0.260. The number of aromatic nitrogens is 2. The molecule has 1 aromatic heterocycles. The van der Waals surface area contributed by atoms with Gasteiger partial charge in [0.1, 0.15) is 11.8 Å². The molecule has 2 amide bonds. The fourth-order valence-electron chi connectivity index (χ4n) is 2.99. The SMILES string of the molecule is O=C(NC1CC1)[C@@H]1CN(C(=O)c2cccc(O)c2)Cc2ccnn21. The molecule has 24 heavy (non-hydrogen) atoms. The number of aromatic hydroxyl groups is 1. The molecule has 2 aromatic rings. The van der Waals surface area contributed by atoms with Crippen molar-refractivity contribution in [2.75, 3.05) is 6.54 Å². The van der Waals surface area contributed by atoms with E-state index in [1.807, 2.05) is 6.07 Å². The van der Waals surface area contributed by atoms with Gasteiger partial charge < -0.3 is 15.3 Å². The molecule has 2 aliphatic rings. The van der Waals surface area contributed by atoms with Gasteiger partial charge >= 0.3 is 0 Å². The first-order valence-corrected chi connectivity index (χ1v) is 8.03. The van der Waals surface area contributed by atoms with Crippen LogP contribution in [0.15, 0.2) is 36.5 Å². The fourth-order valence-corrected chi connectivity index (χ4v) is 2.99. The van der Waals surface area contributed by atoms with Gasteiger partial charge in [0.2, 0.25) is 5.91 Å². The first kappa shape index (κ1) is 14.7. The van der Waals surface area contributed by atoms with E-state index < -0.39 is 6.04 Å². The van der Waals surface area contributed by atoms with Gasteiger partial charge in [0, 0.05) is 17.8 Å². The van der Waals surface area contributed by atoms with Crippen LogP contribution >= 0.6 is 0 Å². The number of amides is 2. The molecular formula is C17H18N4O3. The topological polar surface area (TPSA) is 87.5 Å². The maximum Gasteiger partial charge on any atom is 0.254 e. The molecule has 4 rings (SSSR count). The molecule has 1 atom stereocenters. The normalized spacial score (nSPS) is 19.7. The largest absolute Gasteiger partial charge is 0.508 e. The highest BCUT2D eigenvalue weighted by molar-refractivity contribution is 5.95. The molecule has 0 radical (unpaired) electrons. The second kappa shape index (κ2) is 5.67. The highest BCUT2D eigenvalue weighted by Crippen LogP contribution is 2.25. The smallest absolute Gasteiger partial charge is 0.254 e. The third kappa shape index (κ3) is 2.73. The van der Waals surface area contributed by atoms with Gasteiger partial charge in [0.05, 0.1) is 18.8 Å². The lowest BCUT2D eigenvalue weighted by Crippen LogP contribution is -2.47. The van der Waals surface area contributed by atoms with Crippen LogP contribution in [0.1, 0.15) is 34.9 Å². The first-order valence-electron chi connectivity index (χ1n) is 8.03. The Morgan fingerprint density at radius 1 is 1.25 bits per heavy atom. The lowest BCUT2D eigenvalue weighted by molar-refractivity contribution is -0.125. The van der Waals surface area contributed by atoms with Crippen LogP contribution in [0.3, 0.4) is 0 Å². The maximum atomic E-state index is 12.7. The number of carbonyl (C=O) groups is 2. The lowest BCUT2D eigenvalue weighted by atomic mass is 10.1. The van der Waals surface area contributed by atoms with Crippen LogP contribution in [-0.4, -0.2) is 44.2 Å². The van der Waals surface area contributed by atoms with Gasteiger partial charge in [-0.1, -0.05) is 6.07 Å². The quantitative estimate of drug-likeness (QED) is 0.883. The van der Waals surface area contributed by atoms with Crippen molar-refractivity contribution in [1.29, 1.82) is 0 Å². The third-order valence-corrected chi connectivity index (χ3v) is 4.40. The molecule has 0 spiro atoms. The summed E-state index contributed by atoms with van der Waals surface area (Å²) in [6.07, 6.45) is 3.67. The summed E-state index contributed by atoms with van der Waals surface area (Å²) in [5.41, 5.74) is 1.23. The molecule has 7 nitrogen and oxygen atoms in total. The van der Waals surface area contributed by atoms with Crippen LogP contribution in [0.5, 0.6) is 5.75 Å². The molecule has 2 N–H and O–H groups in total. The van der Waals surface area contributed by atoms with E-state index in [0.29, 0.717) is 12.1 Å². The van der Waals surface area contributed by atoms with E-state index in [1.54, 1.807) is 27.9 Å². The van der Waals surface area contributed by atoms with Crippen molar-refractivity contribution < 1.29 is 14.7 Å². The van der Waals surface area contributed by atoms with Gasteiger partial charge in [0.25, 0.3) is 5.91 Å². The fraction of sp³-hybridized carbons (Fsp3) is 0.353. The van der Waals surface area contributed by atoms with Crippen molar-refractivity contribution >= 4 is 11.8 Å². The van der Waals surface area contributed by atoms with Crippen LogP contribution < -0.4 is 5.32 Å². The predicted octanol–water partition coefficient (Wildman–Crippen LogP) is 1.06. The number of benzene rings is 1. The van der Waals surface area contributed by atoms with Gasteiger partial charge in [-0.05, 0) is 37.1 Å². The van der Waals surface area contributed by atoms with E-state index >= 15 is 0 Å². The number of carbonyl (C=O) groups excluding carboxylic acids is 2. The molecule has 0 bridgehead atoms. The Morgan fingerprint density at radius 3 is 2.83 bits per heavy atom. The summed E-state index contributed by atoms with van der Waals surface area (Å²) in [5, 5.41) is 16.8. The zero-order valence-electron chi connectivity index (χ0n) is 13.1. The number of nitrogens with zero attached hydrogens (tertiary/aromatic N) is 3. The number of hydrogen-bond donors (Lipinski definition) is 2. The molecule has 1 saturated carbocycles. The van der Waals surface area contributed by atoms with Crippen molar-refractivity contribution in [3.63, 3.8) is 0 Å². The monoisotopic (exact) mass is 326 g/mol. The number of phenolic OH excluding ortho intramolecular Hbond substituents is 1. The molecule has 7 heteroatoms. The Morgan fingerprint density at radius 2 is 2.08 bits per heavy atom. The van der Waals surface area contributed by atoms with Crippen molar-refractivity contribution in [2.24, 2.45) is 0 Å². The van der Waals surface area contributed by atoms with E-state index in [9.17, 15) is 14.7 Å². The van der Waals surface area contributed by atoms with E-state index in [0.717, 1.165) is 18.5 Å². The number of fused-ring (bicyclic) bond motifs is 1. The standard InChI is InChI=1S/C17H18N4O3/c22-14-3-1-2-11(8-14)17(24)20-9-13-6-7-18-21(13)15(10-20)16(23)19-12-4-5-12/h1-3,6-8,12,15,22H,4-5,9-10H2,(H,19,23)/t15-/m0/s1. The molecule has 1 fully saturated rings. The number of hydrogen-bond acceptors (Lipinski definition) is 4. The number of phenols is 1. The van der Waals surface area contributed by atoms with Gasteiger partial charge in [-0.15, -0.1) is 0 Å². The molecule has 124 valence electrons. The second-order valence-electron chi connectivity index (χ2n) is 6.30. The van der Waals surface area contributed by atoms with Gasteiger partial charge in [-0.25, -0.2) is 0 Å². The molecular weight excluding hydrogens is 308 g/mol.